The van der Waals surface area contributed by atoms with Crippen LogP contribution in [0.25, 0.3) is 10.9 Å². The van der Waals surface area contributed by atoms with Crippen LogP contribution in [0.15, 0.2) is 48.5 Å². The van der Waals surface area contributed by atoms with Gasteiger partial charge in [-0.2, -0.15) is 0 Å². The Bertz CT molecular complexity index is 1010. The molecule has 1 heterocycles. The molecule has 0 aliphatic carbocycles. The summed E-state index contributed by atoms with van der Waals surface area (Å²) >= 11 is 6.20. The molecule has 0 aliphatic heterocycles. The molecule has 1 amide bonds. The Morgan fingerprint density at radius 2 is 1.78 bits per heavy atom. The SMILES string of the molecule is CCC(=O)Nc1ccc(C(=O)COC(=O)c2[nH]c3ccccc3c2Cl)cc1. The molecule has 2 aromatic carbocycles. The van der Waals surface area contributed by atoms with Gasteiger partial charge in [-0.25, -0.2) is 4.79 Å². The predicted molar refractivity (Wildman–Crippen MR) is 103 cm³/mol. The van der Waals surface area contributed by atoms with Crippen molar-refractivity contribution in [3.8, 4) is 0 Å². The average Bonchev–Trinajstić information content (AvgIpc) is 3.03. The zero-order valence-electron chi connectivity index (χ0n) is 14.5. The van der Waals surface area contributed by atoms with Crippen molar-refractivity contribution in [2.45, 2.75) is 13.3 Å². The third kappa shape index (κ3) is 4.17. The summed E-state index contributed by atoms with van der Waals surface area (Å²) in [5, 5.41) is 3.67. The number of benzene rings is 2. The van der Waals surface area contributed by atoms with E-state index in [0.29, 0.717) is 28.6 Å². The molecule has 0 saturated carbocycles. The summed E-state index contributed by atoms with van der Waals surface area (Å²) in [6.45, 7) is 1.34. The Labute approximate surface area is 160 Å². The van der Waals surface area contributed by atoms with E-state index in [1.54, 1.807) is 43.3 Å². The van der Waals surface area contributed by atoms with Crippen molar-refractivity contribution in [1.29, 1.82) is 0 Å². The van der Waals surface area contributed by atoms with Crippen LogP contribution in [0.5, 0.6) is 0 Å². The molecule has 1 aromatic heterocycles. The summed E-state index contributed by atoms with van der Waals surface area (Å²) in [6.07, 6.45) is 0.368. The Hall–Kier alpha value is -3.12. The van der Waals surface area contributed by atoms with E-state index in [1.807, 2.05) is 12.1 Å². The van der Waals surface area contributed by atoms with E-state index in [9.17, 15) is 14.4 Å². The number of hydrogen-bond donors (Lipinski definition) is 2. The number of ketones is 1. The molecule has 3 aromatic rings. The van der Waals surface area contributed by atoms with Crippen LogP contribution in [0.1, 0.15) is 34.2 Å². The number of amides is 1. The van der Waals surface area contributed by atoms with Crippen LogP contribution >= 0.6 is 11.6 Å². The molecule has 0 atom stereocenters. The van der Waals surface area contributed by atoms with Gasteiger partial charge < -0.3 is 15.0 Å². The second-order valence-corrected chi connectivity index (χ2v) is 6.22. The number of nitrogens with one attached hydrogen (secondary N) is 2. The number of aromatic nitrogens is 1. The Balaban J connectivity index is 1.63. The Morgan fingerprint density at radius 1 is 1.07 bits per heavy atom. The highest BCUT2D eigenvalue weighted by molar-refractivity contribution is 6.38. The van der Waals surface area contributed by atoms with Crippen LogP contribution in [0.4, 0.5) is 5.69 Å². The van der Waals surface area contributed by atoms with E-state index < -0.39 is 12.6 Å². The Morgan fingerprint density at radius 3 is 2.44 bits per heavy atom. The van der Waals surface area contributed by atoms with Crippen LogP contribution in [0.3, 0.4) is 0 Å². The maximum Gasteiger partial charge on any atom is 0.356 e. The smallest absolute Gasteiger partial charge is 0.356 e. The number of para-hydroxylation sites is 1. The van der Waals surface area contributed by atoms with E-state index in [2.05, 4.69) is 10.3 Å². The van der Waals surface area contributed by atoms with Gasteiger partial charge in [-0.3, -0.25) is 9.59 Å². The van der Waals surface area contributed by atoms with Gasteiger partial charge in [0.2, 0.25) is 5.91 Å². The van der Waals surface area contributed by atoms with Crippen LogP contribution in [0.2, 0.25) is 5.02 Å². The third-order valence-electron chi connectivity index (χ3n) is 3.99. The fourth-order valence-corrected chi connectivity index (χ4v) is 2.81. The molecule has 6 nitrogen and oxygen atoms in total. The average molecular weight is 385 g/mol. The Kier molecular flexibility index (Phi) is 5.57. The van der Waals surface area contributed by atoms with Crippen molar-refractivity contribution in [2.24, 2.45) is 0 Å². The molecule has 0 saturated heterocycles. The van der Waals surface area contributed by atoms with Gasteiger partial charge >= 0.3 is 5.97 Å². The first kappa shape index (κ1) is 18.7. The lowest BCUT2D eigenvalue weighted by Crippen LogP contribution is -2.15. The van der Waals surface area contributed by atoms with E-state index in [-0.39, 0.29) is 22.4 Å². The number of carbonyl (C=O) groups is 3. The zero-order chi connectivity index (χ0) is 19.4. The van der Waals surface area contributed by atoms with Crippen molar-refractivity contribution in [1.82, 2.24) is 4.98 Å². The van der Waals surface area contributed by atoms with Crippen molar-refractivity contribution in [2.75, 3.05) is 11.9 Å². The molecular formula is C20H17ClN2O4. The highest BCUT2D eigenvalue weighted by Crippen LogP contribution is 2.27. The van der Waals surface area contributed by atoms with Crippen LogP contribution in [0, 0.1) is 0 Å². The van der Waals surface area contributed by atoms with E-state index in [4.69, 9.17) is 16.3 Å². The number of ether oxygens (including phenoxy) is 1. The first-order valence-electron chi connectivity index (χ1n) is 8.36. The minimum Gasteiger partial charge on any atom is -0.453 e. The summed E-state index contributed by atoms with van der Waals surface area (Å²) in [4.78, 5) is 38.7. The van der Waals surface area contributed by atoms with Crippen molar-refractivity contribution < 1.29 is 19.1 Å². The fraction of sp³-hybridized carbons (Fsp3) is 0.150. The lowest BCUT2D eigenvalue weighted by Gasteiger charge is -2.06. The topological polar surface area (TPSA) is 88.3 Å². The number of hydrogen-bond acceptors (Lipinski definition) is 4. The van der Waals surface area contributed by atoms with Crippen molar-refractivity contribution >= 4 is 45.9 Å². The lowest BCUT2D eigenvalue weighted by molar-refractivity contribution is -0.115. The monoisotopic (exact) mass is 384 g/mol. The highest BCUT2D eigenvalue weighted by Gasteiger charge is 2.19. The summed E-state index contributed by atoms with van der Waals surface area (Å²) in [5.41, 5.74) is 1.80. The number of anilines is 1. The van der Waals surface area contributed by atoms with Gasteiger partial charge in [-0.05, 0) is 30.3 Å². The first-order valence-corrected chi connectivity index (χ1v) is 8.74. The molecule has 0 unspecified atom stereocenters. The van der Waals surface area contributed by atoms with Gasteiger partial charge in [-0.1, -0.05) is 36.7 Å². The normalized spacial score (nSPS) is 10.6. The standard InChI is InChI=1S/C20H17ClN2O4/c1-2-17(25)22-13-9-7-12(8-10-13)16(24)11-27-20(26)19-18(21)14-5-3-4-6-15(14)23-19/h3-10,23H,2,11H2,1H3,(H,22,25). The zero-order valence-corrected chi connectivity index (χ0v) is 15.3. The first-order chi connectivity index (χ1) is 13.0. The molecule has 0 aliphatic rings. The molecule has 7 heteroatoms. The highest BCUT2D eigenvalue weighted by atomic mass is 35.5. The van der Waals surface area contributed by atoms with E-state index in [0.717, 1.165) is 0 Å². The van der Waals surface area contributed by atoms with Gasteiger partial charge in [0.25, 0.3) is 0 Å². The number of esters is 1. The van der Waals surface area contributed by atoms with Gasteiger partial charge in [0.15, 0.2) is 12.4 Å². The molecule has 27 heavy (non-hydrogen) atoms. The van der Waals surface area contributed by atoms with E-state index >= 15 is 0 Å². The summed E-state index contributed by atoms with van der Waals surface area (Å²) in [7, 11) is 0. The number of Topliss-reactive ketones (excluding diaryl/α,β-unsaturated/α-hetero) is 1. The maximum atomic E-state index is 12.2. The number of aromatic amines is 1. The minimum absolute atomic E-state index is 0.113. The van der Waals surface area contributed by atoms with Crippen LogP contribution < -0.4 is 5.32 Å². The quantitative estimate of drug-likeness (QED) is 0.492. The summed E-state index contributed by atoms with van der Waals surface area (Å²) < 4.78 is 5.09. The van der Waals surface area contributed by atoms with Crippen molar-refractivity contribution in [3.63, 3.8) is 0 Å². The number of halogens is 1. The number of rotatable bonds is 6. The molecule has 0 radical (unpaired) electrons. The van der Waals surface area contributed by atoms with Gasteiger partial charge in [0.05, 0.1) is 5.02 Å². The van der Waals surface area contributed by atoms with Gasteiger partial charge in [0, 0.05) is 28.6 Å². The van der Waals surface area contributed by atoms with Gasteiger partial charge in [-0.15, -0.1) is 0 Å². The predicted octanol–water partition coefficient (Wildman–Crippen LogP) is 4.21. The lowest BCUT2D eigenvalue weighted by atomic mass is 10.1. The number of H-pyrrole nitrogens is 1. The van der Waals surface area contributed by atoms with Crippen molar-refractivity contribution in [3.05, 3.63) is 64.8 Å². The maximum absolute atomic E-state index is 12.2. The molecule has 3 rings (SSSR count). The summed E-state index contributed by atoms with van der Waals surface area (Å²) in [5.74, 6) is -1.17. The molecule has 138 valence electrons. The molecule has 0 fully saturated rings. The second-order valence-electron chi connectivity index (χ2n) is 5.84. The second kappa shape index (κ2) is 8.05. The molecule has 0 bridgehead atoms. The molecular weight excluding hydrogens is 368 g/mol. The number of carbonyl (C=O) groups excluding carboxylic acids is 3. The summed E-state index contributed by atoms with van der Waals surface area (Å²) in [6, 6.07) is 13.6. The van der Waals surface area contributed by atoms with Crippen LogP contribution in [-0.4, -0.2) is 29.3 Å². The molecule has 0 spiro atoms. The molecule has 2 N–H and O–H groups in total. The van der Waals surface area contributed by atoms with Crippen LogP contribution in [-0.2, 0) is 9.53 Å². The largest absolute Gasteiger partial charge is 0.453 e. The fourth-order valence-electron chi connectivity index (χ4n) is 2.52. The van der Waals surface area contributed by atoms with E-state index in [1.165, 1.54) is 0 Å². The van der Waals surface area contributed by atoms with Gasteiger partial charge in [0.1, 0.15) is 5.69 Å². The minimum atomic E-state index is -0.698. The number of fused-ring (bicyclic) bond motifs is 1. The third-order valence-corrected chi connectivity index (χ3v) is 4.39.